The number of rotatable bonds is 1. The van der Waals surface area contributed by atoms with Gasteiger partial charge in [-0.2, -0.15) is 13.2 Å². The van der Waals surface area contributed by atoms with Gasteiger partial charge in [0.1, 0.15) is 11.5 Å². The normalized spacial score (nSPS) is 20.9. The largest absolute Gasteiger partial charge is 0.507 e. The Labute approximate surface area is 96.1 Å². The van der Waals surface area contributed by atoms with Crippen LogP contribution in [-0.2, 0) is 11.0 Å². The maximum atomic E-state index is 12.6. The molecule has 0 aliphatic heterocycles. The second kappa shape index (κ2) is 4.05. The summed E-state index contributed by atoms with van der Waals surface area (Å²) in [7, 11) is 0. The summed E-state index contributed by atoms with van der Waals surface area (Å²) in [4.78, 5) is 11.1. The third-order valence-electron chi connectivity index (χ3n) is 3.04. The Morgan fingerprint density at radius 2 is 2.00 bits per heavy atom. The highest BCUT2D eigenvalue weighted by Crippen LogP contribution is 2.39. The molecular formula is C12H11F3O2. The number of ketones is 1. The van der Waals surface area contributed by atoms with Crippen LogP contribution >= 0.6 is 0 Å². The first kappa shape index (κ1) is 12.0. The van der Waals surface area contributed by atoms with E-state index in [1.54, 1.807) is 0 Å². The minimum absolute atomic E-state index is 0.0802. The number of alkyl halides is 3. The molecule has 0 bridgehead atoms. The molecule has 1 N–H and O–H groups in total. The highest BCUT2D eigenvalue weighted by molar-refractivity contribution is 5.81. The zero-order chi connectivity index (χ0) is 12.6. The summed E-state index contributed by atoms with van der Waals surface area (Å²) in [6.07, 6.45) is -3.27. The van der Waals surface area contributed by atoms with Crippen LogP contribution < -0.4 is 0 Å². The van der Waals surface area contributed by atoms with Crippen molar-refractivity contribution in [3.8, 4) is 5.75 Å². The Hall–Kier alpha value is -1.52. The average molecular weight is 244 g/mol. The number of halogens is 3. The van der Waals surface area contributed by atoms with Crippen molar-refractivity contribution in [1.82, 2.24) is 0 Å². The van der Waals surface area contributed by atoms with Gasteiger partial charge in [-0.05, 0) is 30.0 Å². The summed E-state index contributed by atoms with van der Waals surface area (Å²) in [5.41, 5.74) is -0.560. The summed E-state index contributed by atoms with van der Waals surface area (Å²) in [6.45, 7) is 0. The van der Waals surface area contributed by atoms with Gasteiger partial charge in [0.2, 0.25) is 0 Å². The molecule has 1 aromatic carbocycles. The van der Waals surface area contributed by atoms with Crippen molar-refractivity contribution in [2.75, 3.05) is 0 Å². The Kier molecular flexibility index (Phi) is 2.85. The lowest BCUT2D eigenvalue weighted by atomic mass is 9.95. The summed E-state index contributed by atoms with van der Waals surface area (Å²) in [5, 5.41) is 9.18. The SMILES string of the molecule is O=C1CCC(c2ccc(O)c(C(F)(F)F)c2)C1. The van der Waals surface area contributed by atoms with E-state index in [0.29, 0.717) is 24.8 Å². The van der Waals surface area contributed by atoms with Crippen molar-refractivity contribution >= 4 is 5.78 Å². The summed E-state index contributed by atoms with van der Waals surface area (Å²) in [5.74, 6) is -0.841. The Bertz CT molecular complexity index is 452. The van der Waals surface area contributed by atoms with Crippen molar-refractivity contribution in [3.63, 3.8) is 0 Å². The fourth-order valence-corrected chi connectivity index (χ4v) is 2.13. The van der Waals surface area contributed by atoms with E-state index in [1.165, 1.54) is 6.07 Å². The molecule has 1 atom stereocenters. The Morgan fingerprint density at radius 3 is 2.53 bits per heavy atom. The number of aromatic hydroxyl groups is 1. The van der Waals surface area contributed by atoms with Crippen molar-refractivity contribution < 1.29 is 23.1 Å². The molecule has 1 saturated carbocycles. The predicted molar refractivity (Wildman–Crippen MR) is 54.7 cm³/mol. The number of phenols is 1. The molecule has 0 aromatic heterocycles. The van der Waals surface area contributed by atoms with E-state index in [2.05, 4.69) is 0 Å². The van der Waals surface area contributed by atoms with Crippen molar-refractivity contribution in [2.24, 2.45) is 0 Å². The van der Waals surface area contributed by atoms with Crippen LogP contribution in [0, 0.1) is 0 Å². The molecule has 0 amide bonds. The van der Waals surface area contributed by atoms with Crippen LogP contribution in [0.5, 0.6) is 5.75 Å². The fraction of sp³-hybridized carbons (Fsp3) is 0.417. The van der Waals surface area contributed by atoms with E-state index >= 15 is 0 Å². The van der Waals surface area contributed by atoms with Crippen LogP contribution in [0.2, 0.25) is 0 Å². The van der Waals surface area contributed by atoms with Crippen LogP contribution in [0.1, 0.15) is 36.3 Å². The third-order valence-corrected chi connectivity index (χ3v) is 3.04. The van der Waals surface area contributed by atoms with Crippen molar-refractivity contribution in [1.29, 1.82) is 0 Å². The van der Waals surface area contributed by atoms with Gasteiger partial charge in [0.25, 0.3) is 0 Å². The second-order valence-corrected chi connectivity index (χ2v) is 4.25. The van der Waals surface area contributed by atoms with Gasteiger partial charge >= 0.3 is 6.18 Å². The van der Waals surface area contributed by atoms with Gasteiger partial charge in [-0.15, -0.1) is 0 Å². The lowest BCUT2D eigenvalue weighted by molar-refractivity contribution is -0.138. The van der Waals surface area contributed by atoms with E-state index < -0.39 is 17.5 Å². The molecule has 92 valence electrons. The predicted octanol–water partition coefficient (Wildman–Crippen LogP) is 3.25. The van der Waals surface area contributed by atoms with E-state index in [0.717, 1.165) is 12.1 Å². The first-order valence-corrected chi connectivity index (χ1v) is 5.29. The zero-order valence-corrected chi connectivity index (χ0v) is 8.92. The molecule has 0 radical (unpaired) electrons. The lowest BCUT2D eigenvalue weighted by Gasteiger charge is -2.14. The minimum Gasteiger partial charge on any atom is -0.507 e. The number of hydrogen-bond acceptors (Lipinski definition) is 2. The number of Topliss-reactive ketones (excluding diaryl/α,β-unsaturated/α-hetero) is 1. The smallest absolute Gasteiger partial charge is 0.419 e. The first-order chi connectivity index (χ1) is 7.88. The average Bonchev–Trinajstić information content (AvgIpc) is 2.64. The molecule has 1 unspecified atom stereocenters. The molecule has 17 heavy (non-hydrogen) atoms. The molecule has 0 heterocycles. The maximum Gasteiger partial charge on any atom is 0.419 e. The molecule has 1 aliphatic carbocycles. The number of hydrogen-bond donors (Lipinski definition) is 1. The van der Waals surface area contributed by atoms with Crippen molar-refractivity contribution in [3.05, 3.63) is 29.3 Å². The molecule has 2 rings (SSSR count). The Balaban J connectivity index is 2.34. The molecule has 0 spiro atoms. The van der Waals surface area contributed by atoms with Gasteiger partial charge < -0.3 is 5.11 Å². The van der Waals surface area contributed by atoms with E-state index in [4.69, 9.17) is 0 Å². The minimum atomic E-state index is -4.57. The fourth-order valence-electron chi connectivity index (χ4n) is 2.13. The monoisotopic (exact) mass is 244 g/mol. The van der Waals surface area contributed by atoms with Gasteiger partial charge in [0, 0.05) is 12.8 Å². The highest BCUT2D eigenvalue weighted by atomic mass is 19.4. The van der Waals surface area contributed by atoms with Gasteiger partial charge in [0.05, 0.1) is 5.56 Å². The number of carbonyl (C=O) groups excluding carboxylic acids is 1. The highest BCUT2D eigenvalue weighted by Gasteiger charge is 2.35. The van der Waals surface area contributed by atoms with Crippen molar-refractivity contribution in [2.45, 2.75) is 31.4 Å². The summed E-state index contributed by atoms with van der Waals surface area (Å²) in [6, 6.07) is 3.44. The molecule has 2 nitrogen and oxygen atoms in total. The molecule has 1 fully saturated rings. The van der Waals surface area contributed by atoms with Crippen LogP contribution in [0.15, 0.2) is 18.2 Å². The van der Waals surface area contributed by atoms with Crippen LogP contribution in [-0.4, -0.2) is 10.9 Å². The first-order valence-electron chi connectivity index (χ1n) is 5.29. The van der Waals surface area contributed by atoms with Gasteiger partial charge in [-0.3, -0.25) is 4.79 Å². The molecule has 0 saturated heterocycles. The van der Waals surface area contributed by atoms with E-state index in [-0.39, 0.29) is 11.7 Å². The quantitative estimate of drug-likeness (QED) is 0.823. The molecule has 5 heteroatoms. The van der Waals surface area contributed by atoms with Crippen LogP contribution in [0.3, 0.4) is 0 Å². The third kappa shape index (κ3) is 2.43. The van der Waals surface area contributed by atoms with E-state index in [9.17, 15) is 23.1 Å². The topological polar surface area (TPSA) is 37.3 Å². The number of carbonyl (C=O) groups is 1. The maximum absolute atomic E-state index is 12.6. The van der Waals surface area contributed by atoms with Gasteiger partial charge in [0.15, 0.2) is 0 Å². The van der Waals surface area contributed by atoms with Gasteiger partial charge in [-0.1, -0.05) is 6.07 Å². The molecule has 1 aromatic rings. The second-order valence-electron chi connectivity index (χ2n) is 4.25. The van der Waals surface area contributed by atoms with Crippen LogP contribution in [0.4, 0.5) is 13.2 Å². The summed E-state index contributed by atoms with van der Waals surface area (Å²) < 4.78 is 37.7. The number of benzene rings is 1. The standard InChI is InChI=1S/C12H11F3O2/c13-12(14,15)10-6-8(2-4-11(10)17)7-1-3-9(16)5-7/h2,4,6-7,17H,1,3,5H2. The van der Waals surface area contributed by atoms with E-state index in [1.807, 2.05) is 0 Å². The molecule has 1 aliphatic rings. The van der Waals surface area contributed by atoms with Gasteiger partial charge in [-0.25, -0.2) is 0 Å². The lowest BCUT2D eigenvalue weighted by Crippen LogP contribution is -2.07. The molecular weight excluding hydrogens is 233 g/mol. The Morgan fingerprint density at radius 1 is 1.29 bits per heavy atom. The number of phenolic OH excluding ortho intramolecular Hbond substituents is 1. The summed E-state index contributed by atoms with van der Waals surface area (Å²) >= 11 is 0. The van der Waals surface area contributed by atoms with Crippen LogP contribution in [0.25, 0.3) is 0 Å². The zero-order valence-electron chi connectivity index (χ0n) is 8.92.